The number of nitrogen functional groups attached to an aromatic ring is 1. The van der Waals surface area contributed by atoms with E-state index in [0.29, 0.717) is 18.2 Å². The fourth-order valence-electron chi connectivity index (χ4n) is 3.03. The Bertz CT molecular complexity index is 664. The summed E-state index contributed by atoms with van der Waals surface area (Å²) in [5.41, 5.74) is 7.87. The average Bonchev–Trinajstić information content (AvgIpc) is 3.11. The maximum absolute atomic E-state index is 12.3. The second kappa shape index (κ2) is 5.68. The number of benzene rings is 1. The minimum absolute atomic E-state index is 0.166. The van der Waals surface area contributed by atoms with E-state index in [1.807, 2.05) is 31.2 Å². The first kappa shape index (κ1) is 13.8. The Kier molecular flexibility index (Phi) is 3.73. The van der Waals surface area contributed by atoms with Crippen molar-refractivity contribution in [2.75, 3.05) is 12.3 Å². The fraction of sp³-hybridized carbons (Fsp3) is 0.438. The number of nitrogens with one attached hydrogen (secondary N) is 1. The smallest absolute Gasteiger partial charge is 0.294 e. The summed E-state index contributed by atoms with van der Waals surface area (Å²) in [7, 11) is 0. The van der Waals surface area contributed by atoms with Crippen molar-refractivity contribution in [3.05, 3.63) is 40.3 Å². The average molecular weight is 287 g/mol. The molecule has 5 heteroatoms. The van der Waals surface area contributed by atoms with Gasteiger partial charge in [-0.3, -0.25) is 9.89 Å². The van der Waals surface area contributed by atoms with E-state index in [4.69, 9.17) is 10.5 Å². The number of H-pyrrole nitrogens is 1. The highest BCUT2D eigenvalue weighted by Crippen LogP contribution is 2.35. The molecule has 1 heterocycles. The molecule has 0 saturated heterocycles. The third-order valence-electron chi connectivity index (χ3n) is 4.13. The van der Waals surface area contributed by atoms with Gasteiger partial charge in [0.2, 0.25) is 0 Å². The van der Waals surface area contributed by atoms with E-state index in [-0.39, 0.29) is 5.56 Å². The van der Waals surface area contributed by atoms with Crippen LogP contribution in [0.1, 0.15) is 44.2 Å². The molecule has 1 aliphatic rings. The first-order valence-corrected chi connectivity index (χ1v) is 7.54. The molecule has 0 unspecified atom stereocenters. The van der Waals surface area contributed by atoms with Crippen LogP contribution in [-0.4, -0.2) is 16.4 Å². The van der Waals surface area contributed by atoms with Crippen molar-refractivity contribution in [1.29, 1.82) is 0 Å². The van der Waals surface area contributed by atoms with Crippen LogP contribution in [0.15, 0.2) is 29.1 Å². The van der Waals surface area contributed by atoms with E-state index >= 15 is 0 Å². The van der Waals surface area contributed by atoms with E-state index < -0.39 is 0 Å². The van der Waals surface area contributed by atoms with Crippen molar-refractivity contribution >= 4 is 5.69 Å². The lowest BCUT2D eigenvalue weighted by Crippen LogP contribution is -2.16. The summed E-state index contributed by atoms with van der Waals surface area (Å²) in [6.07, 6.45) is 4.63. The number of rotatable bonds is 4. The lowest BCUT2D eigenvalue weighted by atomic mass is 10.0. The number of nitrogens with two attached hydrogens (primary N) is 1. The molecule has 0 radical (unpaired) electrons. The highest BCUT2D eigenvalue weighted by molar-refractivity contribution is 5.47. The molecule has 21 heavy (non-hydrogen) atoms. The van der Waals surface area contributed by atoms with Gasteiger partial charge >= 0.3 is 0 Å². The van der Waals surface area contributed by atoms with Crippen molar-refractivity contribution in [3.63, 3.8) is 0 Å². The third kappa shape index (κ3) is 2.55. The Morgan fingerprint density at radius 3 is 2.57 bits per heavy atom. The molecule has 1 aromatic heterocycles. The molecule has 1 aromatic carbocycles. The lowest BCUT2D eigenvalue weighted by molar-refractivity contribution is 0.340. The topological polar surface area (TPSA) is 73.0 Å². The zero-order valence-electron chi connectivity index (χ0n) is 12.3. The van der Waals surface area contributed by atoms with E-state index in [0.717, 1.165) is 30.0 Å². The number of ether oxygens (including phenoxy) is 1. The Balaban J connectivity index is 1.94. The Hall–Kier alpha value is -2.17. The molecular formula is C16H21N3O2. The van der Waals surface area contributed by atoms with Gasteiger partial charge < -0.3 is 10.5 Å². The Morgan fingerprint density at radius 1 is 1.29 bits per heavy atom. The summed E-state index contributed by atoms with van der Waals surface area (Å²) in [4.78, 5) is 12.3. The van der Waals surface area contributed by atoms with Gasteiger partial charge in [-0.2, -0.15) is 0 Å². The summed E-state index contributed by atoms with van der Waals surface area (Å²) in [5.74, 6) is 1.19. The van der Waals surface area contributed by atoms with E-state index in [2.05, 4.69) is 5.10 Å². The van der Waals surface area contributed by atoms with Gasteiger partial charge in [-0.25, -0.2) is 4.68 Å². The number of hydrogen-bond donors (Lipinski definition) is 2. The lowest BCUT2D eigenvalue weighted by Gasteiger charge is -2.08. The summed E-state index contributed by atoms with van der Waals surface area (Å²) in [5, 5.41) is 3.20. The Morgan fingerprint density at radius 2 is 1.95 bits per heavy atom. The highest BCUT2D eigenvalue weighted by Gasteiger charge is 2.23. The minimum Gasteiger partial charge on any atom is -0.494 e. The first-order valence-electron chi connectivity index (χ1n) is 7.54. The molecular weight excluding hydrogens is 266 g/mol. The van der Waals surface area contributed by atoms with Gasteiger partial charge in [-0.1, -0.05) is 12.8 Å². The zero-order valence-corrected chi connectivity index (χ0v) is 12.3. The summed E-state index contributed by atoms with van der Waals surface area (Å²) >= 11 is 0. The van der Waals surface area contributed by atoms with E-state index in [9.17, 15) is 4.79 Å². The predicted molar refractivity (Wildman–Crippen MR) is 83.2 cm³/mol. The molecule has 5 nitrogen and oxygen atoms in total. The van der Waals surface area contributed by atoms with Gasteiger partial charge in [0.1, 0.15) is 11.4 Å². The maximum Gasteiger partial charge on any atom is 0.294 e. The SMILES string of the molecule is CCOc1ccc(-n2[nH]c(C3CCCC3)c(N)c2=O)cc1. The van der Waals surface area contributed by atoms with Crippen LogP contribution in [0.4, 0.5) is 5.69 Å². The predicted octanol–water partition coefficient (Wildman–Crippen LogP) is 2.80. The second-order valence-electron chi connectivity index (χ2n) is 5.49. The van der Waals surface area contributed by atoms with Gasteiger partial charge in [0.25, 0.3) is 5.56 Å². The Labute approximate surface area is 123 Å². The van der Waals surface area contributed by atoms with Crippen molar-refractivity contribution < 1.29 is 4.74 Å². The minimum atomic E-state index is -0.166. The molecule has 2 aromatic rings. The molecule has 0 aliphatic heterocycles. The normalized spacial score (nSPS) is 15.5. The number of aromatic amines is 1. The molecule has 0 atom stereocenters. The quantitative estimate of drug-likeness (QED) is 0.908. The number of hydrogen-bond acceptors (Lipinski definition) is 3. The fourth-order valence-corrected chi connectivity index (χ4v) is 3.03. The van der Waals surface area contributed by atoms with Crippen LogP contribution in [0.3, 0.4) is 0 Å². The van der Waals surface area contributed by atoms with Gasteiger partial charge in [-0.15, -0.1) is 0 Å². The van der Waals surface area contributed by atoms with Crippen LogP contribution >= 0.6 is 0 Å². The number of anilines is 1. The molecule has 112 valence electrons. The maximum atomic E-state index is 12.3. The molecule has 3 N–H and O–H groups in total. The standard InChI is InChI=1S/C16H21N3O2/c1-2-21-13-9-7-12(8-10-13)19-16(20)14(17)15(18-19)11-5-3-4-6-11/h7-11,18H,2-6,17H2,1H3. The monoisotopic (exact) mass is 287 g/mol. The molecule has 0 amide bonds. The van der Waals surface area contributed by atoms with E-state index in [1.165, 1.54) is 17.5 Å². The molecule has 0 bridgehead atoms. The number of aromatic nitrogens is 2. The highest BCUT2D eigenvalue weighted by atomic mass is 16.5. The van der Waals surface area contributed by atoms with Gasteiger partial charge in [0.05, 0.1) is 18.0 Å². The van der Waals surface area contributed by atoms with Crippen LogP contribution in [0.2, 0.25) is 0 Å². The van der Waals surface area contributed by atoms with Crippen molar-refractivity contribution in [3.8, 4) is 11.4 Å². The molecule has 1 fully saturated rings. The van der Waals surface area contributed by atoms with Crippen molar-refractivity contribution in [2.45, 2.75) is 38.5 Å². The molecule has 0 spiro atoms. The van der Waals surface area contributed by atoms with Crippen LogP contribution in [-0.2, 0) is 0 Å². The van der Waals surface area contributed by atoms with Gasteiger partial charge in [0.15, 0.2) is 0 Å². The van der Waals surface area contributed by atoms with Crippen LogP contribution in [0.25, 0.3) is 5.69 Å². The molecule has 1 saturated carbocycles. The van der Waals surface area contributed by atoms with Gasteiger partial charge in [0, 0.05) is 5.92 Å². The summed E-state index contributed by atoms with van der Waals surface area (Å²) in [6.45, 7) is 2.57. The second-order valence-corrected chi connectivity index (χ2v) is 5.49. The third-order valence-corrected chi connectivity index (χ3v) is 4.13. The van der Waals surface area contributed by atoms with Gasteiger partial charge in [-0.05, 0) is 44.0 Å². The van der Waals surface area contributed by atoms with E-state index in [1.54, 1.807) is 0 Å². The van der Waals surface area contributed by atoms with Crippen molar-refractivity contribution in [2.24, 2.45) is 0 Å². The summed E-state index contributed by atoms with van der Waals surface area (Å²) < 4.78 is 6.94. The first-order chi connectivity index (χ1) is 10.2. The molecule has 3 rings (SSSR count). The van der Waals surface area contributed by atoms with Crippen LogP contribution in [0.5, 0.6) is 5.75 Å². The largest absolute Gasteiger partial charge is 0.494 e. The molecule has 1 aliphatic carbocycles. The van der Waals surface area contributed by atoms with Crippen LogP contribution < -0.4 is 16.0 Å². The van der Waals surface area contributed by atoms with Crippen LogP contribution in [0, 0.1) is 0 Å². The number of nitrogens with zero attached hydrogens (tertiary/aromatic N) is 1. The van der Waals surface area contributed by atoms with Crippen molar-refractivity contribution in [1.82, 2.24) is 9.78 Å². The zero-order chi connectivity index (χ0) is 14.8. The summed E-state index contributed by atoms with van der Waals surface area (Å²) in [6, 6.07) is 7.44.